The fraction of sp³-hybridized carbons (Fsp3) is 0.867. The second-order valence-corrected chi connectivity index (χ2v) is 24.9. The molecule has 3 N–H and O–H groups in total. The van der Waals surface area contributed by atoms with Crippen LogP contribution >= 0.6 is 0 Å². The van der Waals surface area contributed by atoms with Crippen molar-refractivity contribution in [3.63, 3.8) is 0 Å². The number of carbonyl (C=O) groups excluding carboxylic acids is 2. The SMILES string of the molecule is CCCCC/C=C\C/C=C\CCCCCCCCCC(=O)OCCCCCCCCCCCCCC/C=C\CCCCCCCCCCC(=O)NC(CO)C(O)/C=C/CCCCCCCCCCCCCCCCCCCCCCC. The van der Waals surface area contributed by atoms with Crippen LogP contribution < -0.4 is 5.32 Å². The van der Waals surface area contributed by atoms with Crippen molar-refractivity contribution in [2.45, 2.75) is 405 Å². The number of aliphatic hydroxyl groups excluding tert-OH is 2. The maximum Gasteiger partial charge on any atom is 0.305 e. The number of carbonyl (C=O) groups is 2. The van der Waals surface area contributed by atoms with Gasteiger partial charge in [-0.05, 0) is 89.9 Å². The molecule has 0 fully saturated rings. The van der Waals surface area contributed by atoms with Gasteiger partial charge in [0.25, 0.3) is 0 Å². The van der Waals surface area contributed by atoms with E-state index in [1.165, 1.54) is 315 Å². The van der Waals surface area contributed by atoms with E-state index >= 15 is 0 Å². The minimum absolute atomic E-state index is 0.00464. The molecule has 476 valence electrons. The number of allylic oxidation sites excluding steroid dienone is 7. The summed E-state index contributed by atoms with van der Waals surface area (Å²) in [5.74, 6) is -0.0644. The number of aliphatic hydroxyl groups is 2. The molecule has 0 aromatic rings. The van der Waals surface area contributed by atoms with Crippen LogP contribution in [-0.4, -0.2) is 47.4 Å². The van der Waals surface area contributed by atoms with Crippen LogP contribution in [0.5, 0.6) is 0 Å². The Morgan fingerprint density at radius 3 is 0.975 bits per heavy atom. The van der Waals surface area contributed by atoms with Crippen LogP contribution in [0.2, 0.25) is 0 Å². The Morgan fingerprint density at radius 2 is 0.617 bits per heavy atom. The Kier molecular flexibility index (Phi) is 68.4. The highest BCUT2D eigenvalue weighted by atomic mass is 16.5. The maximum absolute atomic E-state index is 12.5. The third-order valence-corrected chi connectivity index (χ3v) is 16.8. The molecule has 0 aliphatic rings. The second kappa shape index (κ2) is 70.3. The zero-order chi connectivity index (χ0) is 58.5. The predicted octanol–water partition coefficient (Wildman–Crippen LogP) is 23.6. The summed E-state index contributed by atoms with van der Waals surface area (Å²) in [5.41, 5.74) is 0. The van der Waals surface area contributed by atoms with Gasteiger partial charge < -0.3 is 20.3 Å². The van der Waals surface area contributed by atoms with Crippen molar-refractivity contribution in [2.24, 2.45) is 0 Å². The van der Waals surface area contributed by atoms with Crippen molar-refractivity contribution >= 4 is 11.9 Å². The van der Waals surface area contributed by atoms with Crippen molar-refractivity contribution in [1.82, 2.24) is 5.32 Å². The fourth-order valence-electron chi connectivity index (χ4n) is 11.3. The van der Waals surface area contributed by atoms with Crippen molar-refractivity contribution in [3.05, 3.63) is 48.6 Å². The first-order chi connectivity index (χ1) is 40.0. The standard InChI is InChI=1S/C75H141NO5/c1-3-5-7-9-11-13-15-17-19-21-22-23-26-29-32-36-39-43-47-51-55-59-63-67-73(78)72(71-77)76-74(79)68-64-60-56-52-48-44-40-37-33-30-27-24-25-28-31-34-38-42-46-50-54-58-62-66-70-81-75(80)69-65-61-57-53-49-45-41-35-20-18-16-14-12-10-8-6-4-2/h12,14,18,20,27,30,63,67,72-73,77-78H,3-11,13,15-17,19,21-26,28-29,31-62,64-66,68-71H2,1-2H3,(H,76,79)/b14-12-,20-18-,30-27-,67-63+. The van der Waals surface area contributed by atoms with Gasteiger partial charge in [-0.25, -0.2) is 0 Å². The van der Waals surface area contributed by atoms with Crippen molar-refractivity contribution in [1.29, 1.82) is 0 Å². The predicted molar refractivity (Wildman–Crippen MR) is 356 cm³/mol. The Bertz CT molecular complexity index is 1360. The average Bonchev–Trinajstić information content (AvgIpc) is 3.47. The van der Waals surface area contributed by atoms with Gasteiger partial charge in [0.2, 0.25) is 5.91 Å². The summed E-state index contributed by atoms with van der Waals surface area (Å²) in [6.07, 6.45) is 91.9. The van der Waals surface area contributed by atoms with Crippen LogP contribution in [0.3, 0.4) is 0 Å². The average molecular weight is 1140 g/mol. The Balaban J connectivity index is 3.43. The molecule has 0 spiro atoms. The molecule has 0 heterocycles. The minimum atomic E-state index is -0.850. The van der Waals surface area contributed by atoms with E-state index in [0.717, 1.165) is 51.4 Å². The van der Waals surface area contributed by atoms with E-state index < -0.39 is 12.1 Å². The monoisotopic (exact) mass is 1140 g/mol. The van der Waals surface area contributed by atoms with Gasteiger partial charge in [0.1, 0.15) is 0 Å². The number of nitrogens with one attached hydrogen (secondary N) is 1. The van der Waals surface area contributed by atoms with Gasteiger partial charge in [0.05, 0.1) is 25.4 Å². The van der Waals surface area contributed by atoms with Gasteiger partial charge in [0.15, 0.2) is 0 Å². The van der Waals surface area contributed by atoms with Gasteiger partial charge in [0, 0.05) is 12.8 Å². The zero-order valence-electron chi connectivity index (χ0n) is 54.5. The molecule has 0 bridgehead atoms. The molecule has 0 aromatic carbocycles. The summed E-state index contributed by atoms with van der Waals surface area (Å²) in [6, 6.07) is -0.633. The molecular weight excluding hydrogens is 995 g/mol. The van der Waals surface area contributed by atoms with Crippen LogP contribution in [0.4, 0.5) is 0 Å². The Hall–Kier alpha value is -2.18. The molecule has 0 aromatic heterocycles. The number of esters is 1. The second-order valence-electron chi connectivity index (χ2n) is 24.9. The van der Waals surface area contributed by atoms with Crippen molar-refractivity contribution < 1.29 is 24.5 Å². The largest absolute Gasteiger partial charge is 0.466 e. The van der Waals surface area contributed by atoms with E-state index in [2.05, 4.69) is 55.6 Å². The first kappa shape index (κ1) is 78.8. The van der Waals surface area contributed by atoms with E-state index in [1.54, 1.807) is 6.08 Å². The molecule has 6 nitrogen and oxygen atoms in total. The van der Waals surface area contributed by atoms with Crippen molar-refractivity contribution in [3.8, 4) is 0 Å². The van der Waals surface area contributed by atoms with E-state index in [9.17, 15) is 19.8 Å². The number of rotatable bonds is 68. The van der Waals surface area contributed by atoms with E-state index in [0.29, 0.717) is 19.4 Å². The van der Waals surface area contributed by atoms with E-state index in [1.807, 2.05) is 6.08 Å². The maximum atomic E-state index is 12.5. The summed E-state index contributed by atoms with van der Waals surface area (Å²) in [5, 5.41) is 23.3. The highest BCUT2D eigenvalue weighted by molar-refractivity contribution is 5.76. The molecule has 0 radical (unpaired) electrons. The normalized spacial score (nSPS) is 12.8. The molecule has 1 amide bonds. The lowest BCUT2D eigenvalue weighted by atomic mass is 10.0. The lowest BCUT2D eigenvalue weighted by molar-refractivity contribution is -0.143. The summed E-state index contributed by atoms with van der Waals surface area (Å²) < 4.78 is 5.50. The summed E-state index contributed by atoms with van der Waals surface area (Å²) >= 11 is 0. The highest BCUT2D eigenvalue weighted by Crippen LogP contribution is 2.18. The number of ether oxygens (including phenoxy) is 1. The highest BCUT2D eigenvalue weighted by Gasteiger charge is 2.18. The quantitative estimate of drug-likeness (QED) is 0.0320. The first-order valence-corrected chi connectivity index (χ1v) is 36.4. The van der Waals surface area contributed by atoms with Crippen molar-refractivity contribution in [2.75, 3.05) is 13.2 Å². The van der Waals surface area contributed by atoms with Crippen LogP contribution in [-0.2, 0) is 14.3 Å². The molecule has 2 atom stereocenters. The Labute approximate surface area is 506 Å². The number of amides is 1. The molecule has 0 aliphatic heterocycles. The third kappa shape index (κ3) is 66.8. The van der Waals surface area contributed by atoms with Gasteiger partial charge in [-0.1, -0.05) is 339 Å². The van der Waals surface area contributed by atoms with Crippen LogP contribution in [0.1, 0.15) is 393 Å². The topological polar surface area (TPSA) is 95.9 Å². The molecule has 81 heavy (non-hydrogen) atoms. The molecular formula is C75H141NO5. The van der Waals surface area contributed by atoms with Gasteiger partial charge in [-0.2, -0.15) is 0 Å². The smallest absolute Gasteiger partial charge is 0.305 e. The molecule has 0 saturated heterocycles. The van der Waals surface area contributed by atoms with Gasteiger partial charge >= 0.3 is 5.97 Å². The molecule has 0 saturated carbocycles. The molecule has 2 unspecified atom stereocenters. The number of hydrogen-bond donors (Lipinski definition) is 3. The third-order valence-electron chi connectivity index (χ3n) is 16.8. The molecule has 0 rings (SSSR count). The summed E-state index contributed by atoms with van der Waals surface area (Å²) in [6.45, 7) is 4.91. The van der Waals surface area contributed by atoms with E-state index in [4.69, 9.17) is 4.74 Å². The minimum Gasteiger partial charge on any atom is -0.466 e. The fourth-order valence-corrected chi connectivity index (χ4v) is 11.3. The van der Waals surface area contributed by atoms with Crippen LogP contribution in [0.15, 0.2) is 48.6 Å². The lowest BCUT2D eigenvalue weighted by Gasteiger charge is -2.20. The zero-order valence-corrected chi connectivity index (χ0v) is 54.5. The summed E-state index contributed by atoms with van der Waals surface area (Å²) in [4.78, 5) is 24.6. The van der Waals surface area contributed by atoms with E-state index in [-0.39, 0.29) is 18.5 Å². The van der Waals surface area contributed by atoms with Crippen LogP contribution in [0, 0.1) is 0 Å². The summed E-state index contributed by atoms with van der Waals surface area (Å²) in [7, 11) is 0. The van der Waals surface area contributed by atoms with Gasteiger partial charge in [-0.3, -0.25) is 9.59 Å². The van der Waals surface area contributed by atoms with Crippen LogP contribution in [0.25, 0.3) is 0 Å². The Morgan fingerprint density at radius 1 is 0.346 bits per heavy atom. The van der Waals surface area contributed by atoms with Gasteiger partial charge in [-0.15, -0.1) is 0 Å². The number of hydrogen-bond acceptors (Lipinski definition) is 5. The molecule has 0 aliphatic carbocycles. The number of unbranched alkanes of at least 4 members (excludes halogenated alkanes) is 51. The molecule has 6 heteroatoms. The lowest BCUT2D eigenvalue weighted by Crippen LogP contribution is -2.45. The first-order valence-electron chi connectivity index (χ1n) is 36.4.